The molecule has 0 aliphatic heterocycles. The second kappa shape index (κ2) is 5.06. The fourth-order valence-electron chi connectivity index (χ4n) is 1.92. The zero-order valence-corrected chi connectivity index (χ0v) is 11.1. The van der Waals surface area contributed by atoms with Crippen molar-refractivity contribution in [2.24, 2.45) is 5.41 Å². The van der Waals surface area contributed by atoms with Crippen molar-refractivity contribution in [3.05, 3.63) is 18.2 Å². The maximum absolute atomic E-state index is 9.27. The Labute approximate surface area is 108 Å². The molecule has 1 aromatic carbocycles. The molecule has 4 heteroatoms. The van der Waals surface area contributed by atoms with Crippen molar-refractivity contribution < 1.29 is 9.84 Å². The Morgan fingerprint density at radius 1 is 1.39 bits per heavy atom. The number of anilines is 2. The van der Waals surface area contributed by atoms with Crippen molar-refractivity contribution in [2.75, 3.05) is 24.2 Å². The first-order chi connectivity index (χ1) is 8.53. The van der Waals surface area contributed by atoms with Gasteiger partial charge in [0.2, 0.25) is 0 Å². The average Bonchev–Trinajstić information content (AvgIpc) is 3.05. The number of nitrogen functional groups attached to an aromatic ring is 1. The summed E-state index contributed by atoms with van der Waals surface area (Å²) in [6, 6.07) is 5.66. The second-order valence-corrected chi connectivity index (χ2v) is 5.47. The van der Waals surface area contributed by atoms with E-state index in [0.717, 1.165) is 30.8 Å². The molecule has 0 bridgehead atoms. The monoisotopic (exact) mass is 250 g/mol. The maximum atomic E-state index is 9.27. The van der Waals surface area contributed by atoms with E-state index < -0.39 is 0 Å². The fraction of sp³-hybridized carbons (Fsp3) is 0.571. The number of benzene rings is 1. The lowest BCUT2D eigenvalue weighted by atomic mass is 10.1. The van der Waals surface area contributed by atoms with Crippen LogP contribution in [0.1, 0.15) is 26.7 Å². The third kappa shape index (κ3) is 3.29. The van der Waals surface area contributed by atoms with Gasteiger partial charge in [-0.05, 0) is 32.8 Å². The van der Waals surface area contributed by atoms with E-state index in [1.54, 1.807) is 0 Å². The van der Waals surface area contributed by atoms with Crippen LogP contribution in [0.25, 0.3) is 0 Å². The van der Waals surface area contributed by atoms with Crippen LogP contribution >= 0.6 is 0 Å². The minimum Gasteiger partial charge on any atom is -0.491 e. The van der Waals surface area contributed by atoms with Crippen molar-refractivity contribution in [3.8, 4) is 5.75 Å². The van der Waals surface area contributed by atoms with Crippen molar-refractivity contribution in [1.82, 2.24) is 0 Å². The Kier molecular flexibility index (Phi) is 3.66. The molecule has 1 aromatic rings. The summed E-state index contributed by atoms with van der Waals surface area (Å²) in [4.78, 5) is 0. The highest BCUT2D eigenvalue weighted by atomic mass is 16.5. The maximum Gasteiger partial charge on any atom is 0.123 e. The molecule has 2 rings (SSSR count). The van der Waals surface area contributed by atoms with E-state index >= 15 is 0 Å². The van der Waals surface area contributed by atoms with Crippen molar-refractivity contribution >= 4 is 11.4 Å². The molecule has 0 heterocycles. The summed E-state index contributed by atoms with van der Waals surface area (Å²) in [5.74, 6) is 0.779. The first-order valence-electron chi connectivity index (χ1n) is 6.45. The molecule has 0 unspecified atom stereocenters. The minimum absolute atomic E-state index is 0.0870. The molecule has 1 fully saturated rings. The predicted octanol–water partition coefficient (Wildman–Crippen LogP) is 2.24. The average molecular weight is 250 g/mol. The lowest BCUT2D eigenvalue weighted by molar-refractivity contribution is 0.219. The van der Waals surface area contributed by atoms with Gasteiger partial charge in [-0.3, -0.25) is 0 Å². The highest BCUT2D eigenvalue weighted by Crippen LogP contribution is 2.45. The van der Waals surface area contributed by atoms with Crippen LogP contribution in [0.5, 0.6) is 5.75 Å². The second-order valence-electron chi connectivity index (χ2n) is 5.47. The number of aliphatic hydroxyl groups is 1. The molecule has 1 aliphatic carbocycles. The molecule has 1 saturated carbocycles. The van der Waals surface area contributed by atoms with Crippen molar-refractivity contribution in [3.63, 3.8) is 0 Å². The summed E-state index contributed by atoms with van der Waals surface area (Å²) < 4.78 is 5.64. The number of hydrogen-bond acceptors (Lipinski definition) is 4. The zero-order valence-electron chi connectivity index (χ0n) is 11.1. The van der Waals surface area contributed by atoms with Gasteiger partial charge in [0.05, 0.1) is 12.7 Å². The molecular weight excluding hydrogens is 228 g/mol. The van der Waals surface area contributed by atoms with Gasteiger partial charge in [0.1, 0.15) is 5.75 Å². The Morgan fingerprint density at radius 3 is 2.67 bits per heavy atom. The van der Waals surface area contributed by atoms with Crippen LogP contribution in [-0.4, -0.2) is 24.4 Å². The fourth-order valence-corrected chi connectivity index (χ4v) is 1.92. The first kappa shape index (κ1) is 13.0. The Balaban J connectivity index is 2.01. The predicted molar refractivity (Wildman–Crippen MR) is 73.9 cm³/mol. The van der Waals surface area contributed by atoms with Gasteiger partial charge in [-0.2, -0.15) is 0 Å². The van der Waals surface area contributed by atoms with E-state index in [1.807, 2.05) is 32.0 Å². The normalized spacial score (nSPS) is 16.7. The van der Waals surface area contributed by atoms with Gasteiger partial charge in [0.15, 0.2) is 0 Å². The molecular formula is C14H22N2O2. The van der Waals surface area contributed by atoms with Crippen molar-refractivity contribution in [1.29, 1.82) is 0 Å². The van der Waals surface area contributed by atoms with Crippen LogP contribution in [0.15, 0.2) is 18.2 Å². The summed E-state index contributed by atoms with van der Waals surface area (Å²) in [7, 11) is 0. The molecule has 0 amide bonds. The van der Waals surface area contributed by atoms with E-state index in [9.17, 15) is 5.11 Å². The Bertz CT molecular complexity index is 414. The summed E-state index contributed by atoms with van der Waals surface area (Å²) in [5, 5.41) is 12.6. The SMILES string of the molecule is CC(C)Oc1cc(N)cc(NCC2(CO)CC2)c1. The van der Waals surface area contributed by atoms with Gasteiger partial charge in [0, 0.05) is 35.5 Å². The molecule has 4 N–H and O–H groups in total. The number of ether oxygens (including phenoxy) is 1. The first-order valence-corrected chi connectivity index (χ1v) is 6.45. The van der Waals surface area contributed by atoms with E-state index in [-0.39, 0.29) is 18.1 Å². The molecule has 1 aliphatic rings. The summed E-state index contributed by atoms with van der Waals surface area (Å²) in [6.45, 7) is 5.01. The third-order valence-electron chi connectivity index (χ3n) is 3.26. The molecule has 18 heavy (non-hydrogen) atoms. The largest absolute Gasteiger partial charge is 0.491 e. The summed E-state index contributed by atoms with van der Waals surface area (Å²) in [6.07, 6.45) is 2.31. The molecule has 0 radical (unpaired) electrons. The topological polar surface area (TPSA) is 67.5 Å². The number of aliphatic hydroxyl groups excluding tert-OH is 1. The minimum atomic E-state index is 0.0870. The van der Waals surface area contributed by atoms with Gasteiger partial charge in [0.25, 0.3) is 0 Å². The van der Waals surface area contributed by atoms with Crippen LogP contribution in [0, 0.1) is 5.41 Å². The van der Waals surface area contributed by atoms with E-state index in [2.05, 4.69) is 5.32 Å². The van der Waals surface area contributed by atoms with Gasteiger partial charge >= 0.3 is 0 Å². The molecule has 100 valence electrons. The molecule has 0 aromatic heterocycles. The lowest BCUT2D eigenvalue weighted by Gasteiger charge is -2.16. The van der Waals surface area contributed by atoms with Crippen molar-refractivity contribution in [2.45, 2.75) is 32.8 Å². The highest BCUT2D eigenvalue weighted by molar-refractivity contribution is 5.59. The number of hydrogen-bond donors (Lipinski definition) is 3. The lowest BCUT2D eigenvalue weighted by Crippen LogP contribution is -2.19. The van der Waals surface area contributed by atoms with Crippen LogP contribution < -0.4 is 15.8 Å². The molecule has 0 saturated heterocycles. The number of nitrogens with two attached hydrogens (primary N) is 1. The van der Waals surface area contributed by atoms with E-state index in [1.165, 1.54) is 0 Å². The standard InChI is InChI=1S/C14H22N2O2/c1-10(2)18-13-6-11(15)5-12(7-13)16-8-14(9-17)3-4-14/h5-7,10,16-17H,3-4,8-9,15H2,1-2H3. The van der Waals surface area contributed by atoms with Crippen LogP contribution in [0.2, 0.25) is 0 Å². The molecule has 4 nitrogen and oxygen atoms in total. The third-order valence-corrected chi connectivity index (χ3v) is 3.26. The highest BCUT2D eigenvalue weighted by Gasteiger charge is 2.41. The Hall–Kier alpha value is -1.42. The molecule has 0 spiro atoms. The van der Waals surface area contributed by atoms with E-state index in [4.69, 9.17) is 10.5 Å². The van der Waals surface area contributed by atoms with Crippen LogP contribution in [-0.2, 0) is 0 Å². The molecule has 0 atom stereocenters. The van der Waals surface area contributed by atoms with Gasteiger partial charge < -0.3 is 20.9 Å². The van der Waals surface area contributed by atoms with Crippen LogP contribution in [0.4, 0.5) is 11.4 Å². The van der Waals surface area contributed by atoms with Gasteiger partial charge in [-0.1, -0.05) is 0 Å². The van der Waals surface area contributed by atoms with Crippen LogP contribution in [0.3, 0.4) is 0 Å². The van der Waals surface area contributed by atoms with E-state index in [0.29, 0.717) is 5.69 Å². The summed E-state index contributed by atoms with van der Waals surface area (Å²) in [5.41, 5.74) is 7.57. The zero-order chi connectivity index (χ0) is 13.2. The smallest absolute Gasteiger partial charge is 0.123 e. The summed E-state index contributed by atoms with van der Waals surface area (Å²) >= 11 is 0. The Morgan fingerprint density at radius 2 is 2.11 bits per heavy atom. The number of nitrogens with one attached hydrogen (secondary N) is 1. The van der Waals surface area contributed by atoms with Gasteiger partial charge in [-0.25, -0.2) is 0 Å². The number of rotatable bonds is 6. The van der Waals surface area contributed by atoms with Gasteiger partial charge in [-0.15, -0.1) is 0 Å². The quantitative estimate of drug-likeness (QED) is 0.677.